The molecule has 6 aliphatic rings. The minimum atomic E-state index is -2.04. The highest BCUT2D eigenvalue weighted by molar-refractivity contribution is 5.98. The van der Waals surface area contributed by atoms with E-state index in [2.05, 4.69) is 83.0 Å². The van der Waals surface area contributed by atoms with Gasteiger partial charge in [-0.1, -0.05) is 43.8 Å². The number of amides is 2. The van der Waals surface area contributed by atoms with Gasteiger partial charge in [0.15, 0.2) is 5.60 Å². The predicted octanol–water partition coefficient (Wildman–Crippen LogP) is 7.10. The third-order valence-electron chi connectivity index (χ3n) is 17.6. The van der Waals surface area contributed by atoms with Gasteiger partial charge in [0.2, 0.25) is 0 Å². The third kappa shape index (κ3) is 8.70. The first kappa shape index (κ1) is 51.8. The maximum absolute atomic E-state index is 15.6. The number of fused-ring (bicyclic) bond motifs is 7. The van der Waals surface area contributed by atoms with Gasteiger partial charge in [-0.25, -0.2) is 19.0 Å². The van der Waals surface area contributed by atoms with E-state index in [9.17, 15) is 29.5 Å². The van der Waals surface area contributed by atoms with Crippen molar-refractivity contribution < 1.29 is 38.1 Å². The Morgan fingerprint density at radius 3 is 2.56 bits per heavy atom. The normalized spacial score (nSPS) is 21.7. The van der Waals surface area contributed by atoms with Crippen LogP contribution in [0.3, 0.4) is 0 Å². The van der Waals surface area contributed by atoms with Crippen LogP contribution in [0, 0.1) is 31.0 Å². The van der Waals surface area contributed by atoms with Gasteiger partial charge in [0.1, 0.15) is 31.0 Å². The van der Waals surface area contributed by atoms with Crippen LogP contribution in [0.5, 0.6) is 6.01 Å². The fourth-order valence-electron chi connectivity index (χ4n) is 13.1. The summed E-state index contributed by atoms with van der Waals surface area (Å²) >= 11 is 0. The molecule has 5 aliphatic heterocycles. The summed E-state index contributed by atoms with van der Waals surface area (Å²) in [6.07, 6.45) is 1.66. The summed E-state index contributed by atoms with van der Waals surface area (Å²) in [5.41, 5.74) is 5.63. The second kappa shape index (κ2) is 20.1. The molecule has 1 aliphatic carbocycles. The van der Waals surface area contributed by atoms with E-state index in [1.54, 1.807) is 31.7 Å². The number of likely N-dealkylation sites (tertiary alicyclic amines) is 1. The number of rotatable bonds is 11. The predicted molar refractivity (Wildman–Crippen MR) is 293 cm³/mol. The lowest BCUT2D eigenvalue weighted by Crippen LogP contribution is -2.56. The number of aliphatic hydroxyl groups is 1. The average Bonchev–Trinajstić information content (AvgIpc) is 3.96. The van der Waals surface area contributed by atoms with Crippen molar-refractivity contribution in [3.05, 3.63) is 127 Å². The summed E-state index contributed by atoms with van der Waals surface area (Å²) in [7, 11) is 2.11. The lowest BCUT2D eigenvalue weighted by molar-refractivity contribution is -0.172. The highest BCUT2D eigenvalue weighted by atomic mass is 19.1. The minimum absolute atomic E-state index is 0.0304. The molecule has 3 aromatic heterocycles. The Kier molecular flexibility index (Phi) is 13.1. The number of pyridine rings is 2. The smallest absolute Gasteiger partial charge is 0.408 e. The fourth-order valence-corrected chi connectivity index (χ4v) is 13.1. The monoisotopic (exact) mass is 1070 g/mol. The molecule has 12 rings (SSSR count). The first-order chi connectivity index (χ1) is 38.1. The summed E-state index contributed by atoms with van der Waals surface area (Å²) in [6, 6.07) is 17.3. The van der Waals surface area contributed by atoms with Gasteiger partial charge in [0.05, 0.1) is 71.4 Å². The average molecular weight is 1070 g/mol. The summed E-state index contributed by atoms with van der Waals surface area (Å²) < 4.78 is 34.8. The van der Waals surface area contributed by atoms with E-state index in [-0.39, 0.29) is 55.3 Å². The molecule has 5 atom stereocenters. The van der Waals surface area contributed by atoms with Crippen LogP contribution in [0.4, 0.5) is 20.7 Å². The number of nitriles is 1. The number of nitrogens with zero attached hydrogens (tertiary/aromatic N) is 9. The van der Waals surface area contributed by atoms with Gasteiger partial charge < -0.3 is 48.8 Å². The Labute approximate surface area is 456 Å². The standard InChI is InChI=1S/C60H63FN10O8/c1-7-60(76)43-25-49-53-41(28-71(49)56(73)42(43)31-77-57(60)74)52-45(17-16-39-34(4)44(61)26-46(63-53)51(39)52)65-59(75)79-35(5)33(3)55(72)70-24-23-69(27-37(70)18-20-62)54-40-19-22-68(48-15-9-13-36-12-8-11-32(2)50(36)48)29-47(40)64-58(66-54)78-30-38-14-10-21-67(38)6/h8-9,11-13,15,25-26,35,37-38,45,76H,3,7,10,14,16-19,21-24,27-31H2,1-2,4-6H3,(H,65,75)/t35?,37-,38-,45-,60-/m0/s1. The van der Waals surface area contributed by atoms with Gasteiger partial charge in [-0.05, 0) is 113 Å². The quantitative estimate of drug-likeness (QED) is 0.0978. The summed E-state index contributed by atoms with van der Waals surface area (Å²) in [4.78, 5) is 79.2. The molecule has 2 saturated heterocycles. The van der Waals surface area contributed by atoms with Crippen molar-refractivity contribution >= 4 is 51.2 Å². The molecule has 18 nitrogen and oxygen atoms in total. The number of carbonyl (C=O) groups is 3. The molecule has 6 aromatic rings. The number of benzene rings is 3. The molecular weight excluding hydrogens is 1010 g/mol. The van der Waals surface area contributed by atoms with Crippen molar-refractivity contribution in [2.75, 3.05) is 56.2 Å². The van der Waals surface area contributed by atoms with E-state index in [1.165, 1.54) is 27.0 Å². The van der Waals surface area contributed by atoms with Crippen molar-refractivity contribution in [1.82, 2.24) is 34.6 Å². The largest absolute Gasteiger partial charge is 0.462 e. The van der Waals surface area contributed by atoms with Crippen LogP contribution >= 0.6 is 0 Å². The second-order valence-corrected chi connectivity index (χ2v) is 22.0. The molecule has 2 fully saturated rings. The number of aryl methyl sites for hydroxylation is 2. The number of carbonyl (C=O) groups excluding carboxylic acids is 3. The van der Waals surface area contributed by atoms with Crippen LogP contribution < -0.4 is 25.4 Å². The molecule has 408 valence electrons. The first-order valence-electron chi connectivity index (χ1n) is 27.4. The lowest BCUT2D eigenvalue weighted by atomic mass is 9.81. The Balaban J connectivity index is 0.776. The number of esters is 1. The van der Waals surface area contributed by atoms with E-state index < -0.39 is 53.1 Å². The summed E-state index contributed by atoms with van der Waals surface area (Å²) in [6.45, 7) is 14.7. The lowest BCUT2D eigenvalue weighted by Gasteiger charge is -2.43. The molecule has 79 heavy (non-hydrogen) atoms. The number of ether oxygens (including phenoxy) is 3. The minimum Gasteiger partial charge on any atom is -0.462 e. The van der Waals surface area contributed by atoms with Gasteiger partial charge in [-0.3, -0.25) is 9.59 Å². The van der Waals surface area contributed by atoms with E-state index >= 15 is 4.39 Å². The number of alkyl carbamates (subject to hydrolysis) is 1. The Bertz CT molecular complexity index is 3680. The summed E-state index contributed by atoms with van der Waals surface area (Å²) in [5, 5.41) is 27.8. The molecular formula is C60H63FN10O8. The highest BCUT2D eigenvalue weighted by Crippen LogP contribution is 2.46. The number of aromatic nitrogens is 4. The number of nitrogens with one attached hydrogen (secondary N) is 1. The zero-order valence-electron chi connectivity index (χ0n) is 45.2. The molecule has 1 unspecified atom stereocenters. The van der Waals surface area contributed by atoms with Crippen molar-refractivity contribution in [3.63, 3.8) is 0 Å². The molecule has 2 amide bonds. The summed E-state index contributed by atoms with van der Waals surface area (Å²) in [5.74, 6) is -0.995. The van der Waals surface area contributed by atoms with Crippen molar-refractivity contribution in [3.8, 4) is 23.5 Å². The van der Waals surface area contributed by atoms with Crippen molar-refractivity contribution in [1.29, 1.82) is 5.26 Å². The molecule has 19 heteroatoms. The van der Waals surface area contributed by atoms with Crippen molar-refractivity contribution in [2.24, 2.45) is 0 Å². The number of hydrogen-bond acceptors (Lipinski definition) is 15. The van der Waals surface area contributed by atoms with Crippen LogP contribution in [-0.2, 0) is 57.2 Å². The maximum Gasteiger partial charge on any atom is 0.408 e. The zero-order chi connectivity index (χ0) is 55.2. The Morgan fingerprint density at radius 1 is 0.975 bits per heavy atom. The van der Waals surface area contributed by atoms with Gasteiger partial charge in [-0.15, -0.1) is 0 Å². The number of likely N-dealkylation sites (N-methyl/N-ethyl adjacent to an activating group) is 1. The number of halogens is 1. The molecule has 0 radical (unpaired) electrons. The van der Waals surface area contributed by atoms with E-state index in [4.69, 9.17) is 29.2 Å². The number of hydrogen-bond donors (Lipinski definition) is 2. The van der Waals surface area contributed by atoms with Crippen LogP contribution in [-0.4, -0.2) is 117 Å². The fraction of sp³-hybridized carbons (Fsp3) is 0.433. The van der Waals surface area contributed by atoms with Gasteiger partial charge in [-0.2, -0.15) is 15.2 Å². The zero-order valence-corrected chi connectivity index (χ0v) is 45.2. The Hall–Kier alpha value is -7.95. The molecule has 0 spiro atoms. The van der Waals surface area contributed by atoms with Crippen molar-refractivity contribution in [2.45, 2.75) is 122 Å². The second-order valence-electron chi connectivity index (χ2n) is 22.0. The van der Waals surface area contributed by atoms with E-state index in [0.29, 0.717) is 90.5 Å². The van der Waals surface area contributed by atoms with Gasteiger partial charge >= 0.3 is 18.1 Å². The third-order valence-corrected chi connectivity index (χ3v) is 17.6. The number of anilines is 2. The first-order valence-corrected chi connectivity index (χ1v) is 27.4. The molecule has 8 heterocycles. The van der Waals surface area contributed by atoms with E-state index in [1.807, 2.05) is 0 Å². The van der Waals surface area contributed by atoms with Gasteiger partial charge in [0, 0.05) is 71.4 Å². The van der Waals surface area contributed by atoms with Gasteiger partial charge in [0.25, 0.3) is 11.5 Å². The number of piperazine rings is 1. The Morgan fingerprint density at radius 2 is 1.78 bits per heavy atom. The molecule has 0 saturated carbocycles. The van der Waals surface area contributed by atoms with Crippen LogP contribution in [0.25, 0.3) is 33.1 Å². The molecule has 3 aromatic carbocycles. The molecule has 0 bridgehead atoms. The maximum atomic E-state index is 15.6. The van der Waals surface area contributed by atoms with Crippen LogP contribution in [0.15, 0.2) is 65.5 Å². The van der Waals surface area contributed by atoms with Crippen LogP contribution in [0.2, 0.25) is 0 Å². The highest BCUT2D eigenvalue weighted by Gasteiger charge is 2.46. The van der Waals surface area contributed by atoms with Crippen LogP contribution in [0.1, 0.15) is 102 Å². The topological polar surface area (TPSA) is 209 Å². The number of cyclic esters (lactones) is 1. The van der Waals surface area contributed by atoms with E-state index in [0.717, 1.165) is 54.3 Å². The SMILES string of the molecule is C=C(C(=O)N1CCN(c2nc(OC[C@@H]3CCCN3C)nc3c2CCN(c2cccc4cccc(C)c24)C3)C[C@@H]1CC#N)C(C)OC(=O)N[C@H]1CCc2c(C)c(F)cc3nc4c(c1c23)Cn1c-4cc2c(c1=O)COC(=O)[C@]2(O)CC. The molecule has 2 N–H and O–H groups in total.